The lowest BCUT2D eigenvalue weighted by Gasteiger charge is -2.31. The standard InChI is InChI=1S/C15H28O3/c1-10(2)11(3)9-18-12(4)13-5-7-14(8-6-13)15(16)17/h10-14H,5-9H2,1-4H3,(H,16,17). The summed E-state index contributed by atoms with van der Waals surface area (Å²) in [4.78, 5) is 10.9. The smallest absolute Gasteiger partial charge is 0.306 e. The Kier molecular flexibility index (Phi) is 6.13. The third-order valence-corrected chi connectivity index (χ3v) is 4.55. The van der Waals surface area contributed by atoms with Crippen molar-refractivity contribution < 1.29 is 14.6 Å². The molecule has 2 atom stereocenters. The Morgan fingerprint density at radius 3 is 2.17 bits per heavy atom. The van der Waals surface area contributed by atoms with Crippen molar-refractivity contribution in [3.05, 3.63) is 0 Å². The van der Waals surface area contributed by atoms with Crippen molar-refractivity contribution in [2.24, 2.45) is 23.7 Å². The van der Waals surface area contributed by atoms with E-state index >= 15 is 0 Å². The van der Waals surface area contributed by atoms with Gasteiger partial charge in [-0.05, 0) is 50.4 Å². The second-order valence-corrected chi connectivity index (χ2v) is 6.21. The van der Waals surface area contributed by atoms with Crippen LogP contribution in [-0.4, -0.2) is 23.8 Å². The molecule has 3 nitrogen and oxygen atoms in total. The first kappa shape index (κ1) is 15.5. The molecule has 0 saturated heterocycles. The van der Waals surface area contributed by atoms with E-state index in [1.54, 1.807) is 0 Å². The molecule has 1 saturated carbocycles. The molecule has 1 aliphatic carbocycles. The van der Waals surface area contributed by atoms with Crippen LogP contribution in [0.25, 0.3) is 0 Å². The second kappa shape index (κ2) is 7.13. The molecule has 3 heteroatoms. The van der Waals surface area contributed by atoms with Crippen LogP contribution in [0.3, 0.4) is 0 Å². The van der Waals surface area contributed by atoms with Gasteiger partial charge in [0, 0.05) is 6.61 Å². The van der Waals surface area contributed by atoms with Crippen LogP contribution in [0.1, 0.15) is 53.4 Å². The summed E-state index contributed by atoms with van der Waals surface area (Å²) in [6, 6.07) is 0. The fourth-order valence-corrected chi connectivity index (χ4v) is 2.47. The lowest BCUT2D eigenvalue weighted by molar-refractivity contribution is -0.143. The van der Waals surface area contributed by atoms with Gasteiger partial charge in [-0.3, -0.25) is 4.79 Å². The number of ether oxygens (including phenoxy) is 1. The highest BCUT2D eigenvalue weighted by Crippen LogP contribution is 2.32. The van der Waals surface area contributed by atoms with Crippen molar-refractivity contribution in [1.29, 1.82) is 0 Å². The molecule has 18 heavy (non-hydrogen) atoms. The number of carboxylic acid groups (broad SMARTS) is 1. The Morgan fingerprint density at radius 2 is 1.72 bits per heavy atom. The Hall–Kier alpha value is -0.570. The van der Waals surface area contributed by atoms with E-state index < -0.39 is 5.97 Å². The number of carbonyl (C=O) groups is 1. The van der Waals surface area contributed by atoms with Crippen molar-refractivity contribution >= 4 is 5.97 Å². The topological polar surface area (TPSA) is 46.5 Å². The predicted octanol–water partition coefficient (Wildman–Crippen LogP) is 3.57. The van der Waals surface area contributed by atoms with Crippen molar-refractivity contribution in [2.45, 2.75) is 59.5 Å². The summed E-state index contributed by atoms with van der Waals surface area (Å²) in [6.45, 7) is 9.61. The summed E-state index contributed by atoms with van der Waals surface area (Å²) in [5.74, 6) is 1.03. The van der Waals surface area contributed by atoms with E-state index in [1.165, 1.54) is 0 Å². The van der Waals surface area contributed by atoms with Gasteiger partial charge in [0.2, 0.25) is 0 Å². The molecular weight excluding hydrogens is 228 g/mol. The first-order chi connectivity index (χ1) is 8.41. The van der Waals surface area contributed by atoms with Crippen LogP contribution < -0.4 is 0 Å². The van der Waals surface area contributed by atoms with E-state index in [9.17, 15) is 4.79 Å². The number of hydrogen-bond donors (Lipinski definition) is 1. The summed E-state index contributed by atoms with van der Waals surface area (Å²) in [5, 5.41) is 8.97. The summed E-state index contributed by atoms with van der Waals surface area (Å²) < 4.78 is 5.95. The minimum absolute atomic E-state index is 0.122. The Balaban J connectivity index is 2.27. The normalized spacial score (nSPS) is 28.1. The maximum absolute atomic E-state index is 10.9. The zero-order valence-electron chi connectivity index (χ0n) is 12.2. The Morgan fingerprint density at radius 1 is 1.17 bits per heavy atom. The van der Waals surface area contributed by atoms with E-state index in [2.05, 4.69) is 27.7 Å². The number of hydrogen-bond acceptors (Lipinski definition) is 2. The van der Waals surface area contributed by atoms with Crippen molar-refractivity contribution in [3.63, 3.8) is 0 Å². The summed E-state index contributed by atoms with van der Waals surface area (Å²) >= 11 is 0. The van der Waals surface area contributed by atoms with Crippen molar-refractivity contribution in [2.75, 3.05) is 6.61 Å². The first-order valence-electron chi connectivity index (χ1n) is 7.26. The quantitative estimate of drug-likeness (QED) is 0.790. The molecule has 1 N–H and O–H groups in total. The zero-order valence-corrected chi connectivity index (χ0v) is 12.2. The van der Waals surface area contributed by atoms with Gasteiger partial charge in [0.05, 0.1) is 12.0 Å². The van der Waals surface area contributed by atoms with Crippen LogP contribution >= 0.6 is 0 Å². The van der Waals surface area contributed by atoms with Gasteiger partial charge in [0.1, 0.15) is 0 Å². The van der Waals surface area contributed by atoms with Gasteiger partial charge in [0.25, 0.3) is 0 Å². The average Bonchev–Trinajstić information content (AvgIpc) is 2.35. The molecule has 106 valence electrons. The molecule has 0 radical (unpaired) electrons. The maximum atomic E-state index is 10.9. The van der Waals surface area contributed by atoms with Crippen LogP contribution in [-0.2, 0) is 9.53 Å². The van der Waals surface area contributed by atoms with Gasteiger partial charge in [-0.2, -0.15) is 0 Å². The van der Waals surface area contributed by atoms with Gasteiger partial charge in [0.15, 0.2) is 0 Å². The molecule has 0 amide bonds. The minimum atomic E-state index is -0.629. The highest BCUT2D eigenvalue weighted by Gasteiger charge is 2.29. The van der Waals surface area contributed by atoms with Crippen LogP contribution in [0.15, 0.2) is 0 Å². The van der Waals surface area contributed by atoms with Crippen LogP contribution in [0.5, 0.6) is 0 Å². The summed E-state index contributed by atoms with van der Waals surface area (Å²) in [6.07, 6.45) is 3.88. The van der Waals surface area contributed by atoms with E-state index in [4.69, 9.17) is 9.84 Å². The molecule has 0 spiro atoms. The summed E-state index contributed by atoms with van der Waals surface area (Å²) in [7, 11) is 0. The molecule has 0 aromatic heterocycles. The molecule has 0 bridgehead atoms. The molecular formula is C15H28O3. The molecule has 1 fully saturated rings. The van der Waals surface area contributed by atoms with Crippen LogP contribution in [0, 0.1) is 23.7 Å². The van der Waals surface area contributed by atoms with E-state index in [0.29, 0.717) is 17.8 Å². The fourth-order valence-electron chi connectivity index (χ4n) is 2.47. The summed E-state index contributed by atoms with van der Waals surface area (Å²) in [5.41, 5.74) is 0. The number of carboxylic acids is 1. The third kappa shape index (κ3) is 4.60. The van der Waals surface area contributed by atoms with E-state index in [0.717, 1.165) is 32.3 Å². The molecule has 0 aromatic rings. The molecule has 1 rings (SSSR count). The highest BCUT2D eigenvalue weighted by molar-refractivity contribution is 5.69. The molecule has 1 aliphatic rings. The molecule has 2 unspecified atom stereocenters. The van der Waals surface area contributed by atoms with Gasteiger partial charge in [-0.15, -0.1) is 0 Å². The van der Waals surface area contributed by atoms with E-state index in [1.807, 2.05) is 0 Å². The SMILES string of the molecule is CC(C)C(C)COC(C)C1CCC(C(=O)O)CC1. The largest absolute Gasteiger partial charge is 0.481 e. The van der Waals surface area contributed by atoms with Crippen LogP contribution in [0.2, 0.25) is 0 Å². The van der Waals surface area contributed by atoms with Crippen molar-refractivity contribution in [1.82, 2.24) is 0 Å². The van der Waals surface area contributed by atoms with Gasteiger partial charge in [-0.25, -0.2) is 0 Å². The number of rotatable bonds is 6. The maximum Gasteiger partial charge on any atom is 0.306 e. The lowest BCUT2D eigenvalue weighted by atomic mass is 9.80. The second-order valence-electron chi connectivity index (χ2n) is 6.21. The zero-order chi connectivity index (χ0) is 13.7. The molecule has 0 aliphatic heterocycles. The van der Waals surface area contributed by atoms with Gasteiger partial charge in [-0.1, -0.05) is 20.8 Å². The predicted molar refractivity (Wildman–Crippen MR) is 72.5 cm³/mol. The monoisotopic (exact) mass is 256 g/mol. The Bertz CT molecular complexity index is 254. The fraction of sp³-hybridized carbons (Fsp3) is 0.933. The minimum Gasteiger partial charge on any atom is -0.481 e. The van der Waals surface area contributed by atoms with Crippen LogP contribution in [0.4, 0.5) is 0 Å². The van der Waals surface area contributed by atoms with Crippen molar-refractivity contribution in [3.8, 4) is 0 Å². The highest BCUT2D eigenvalue weighted by atomic mass is 16.5. The average molecular weight is 256 g/mol. The van der Waals surface area contributed by atoms with E-state index in [-0.39, 0.29) is 12.0 Å². The first-order valence-corrected chi connectivity index (χ1v) is 7.26. The number of aliphatic carboxylic acids is 1. The lowest BCUT2D eigenvalue weighted by Crippen LogP contribution is -2.30. The Labute approximate surface area is 111 Å². The van der Waals surface area contributed by atoms with Gasteiger partial charge < -0.3 is 9.84 Å². The third-order valence-electron chi connectivity index (χ3n) is 4.55. The van der Waals surface area contributed by atoms with Gasteiger partial charge >= 0.3 is 5.97 Å². The molecule has 0 heterocycles. The molecule has 0 aromatic carbocycles.